The Hall–Kier alpha value is -1.99. The number of rotatable bonds is 3. The maximum Gasteiger partial charge on any atom is 0.272 e. The van der Waals surface area contributed by atoms with Gasteiger partial charge in [0.15, 0.2) is 5.82 Å². The van der Waals surface area contributed by atoms with Crippen molar-refractivity contribution in [2.24, 2.45) is 5.92 Å². The van der Waals surface area contributed by atoms with Gasteiger partial charge in [-0.25, -0.2) is 9.97 Å². The Morgan fingerprint density at radius 3 is 2.96 bits per heavy atom. The fraction of sp³-hybridized carbons (Fsp3) is 0.438. The van der Waals surface area contributed by atoms with Gasteiger partial charge in [-0.2, -0.15) is 4.39 Å². The molecule has 0 amide bonds. The molecule has 1 atom stereocenters. The number of anilines is 1. The molecule has 0 radical (unpaired) electrons. The second kappa shape index (κ2) is 6.14. The third-order valence-corrected chi connectivity index (χ3v) is 4.88. The fourth-order valence-corrected chi connectivity index (χ4v) is 3.34. The number of H-pyrrole nitrogens is 1. The summed E-state index contributed by atoms with van der Waals surface area (Å²) < 4.78 is 13.4. The second-order valence-corrected chi connectivity index (χ2v) is 6.64. The number of nitrogens with one attached hydrogen (secondary N) is 2. The van der Waals surface area contributed by atoms with E-state index in [0.717, 1.165) is 19.6 Å². The molecule has 2 N–H and O–H groups in total. The lowest BCUT2D eigenvalue weighted by atomic mass is 10.1. The number of aromatic amines is 1. The predicted octanol–water partition coefficient (Wildman–Crippen LogP) is 1.81. The topological polar surface area (TPSA) is 73.9 Å². The van der Waals surface area contributed by atoms with Crippen molar-refractivity contribution in [1.29, 1.82) is 0 Å². The molecule has 2 aromatic rings. The van der Waals surface area contributed by atoms with E-state index in [9.17, 15) is 9.18 Å². The van der Waals surface area contributed by atoms with Gasteiger partial charge in [-0.3, -0.25) is 4.79 Å². The predicted molar refractivity (Wildman–Crippen MR) is 89.8 cm³/mol. The zero-order chi connectivity index (χ0) is 16.7. The molecule has 2 fully saturated rings. The lowest BCUT2D eigenvalue weighted by molar-refractivity contribution is 0.417. The molecule has 2 aromatic heterocycles. The summed E-state index contributed by atoms with van der Waals surface area (Å²) in [6, 6.07) is 3.24. The number of nitrogens with zero attached hydrogens (tertiary/aromatic N) is 3. The van der Waals surface area contributed by atoms with Crippen LogP contribution in [0.2, 0.25) is 5.02 Å². The highest BCUT2D eigenvalue weighted by Gasteiger charge is 2.35. The van der Waals surface area contributed by atoms with Crippen LogP contribution in [0.3, 0.4) is 0 Å². The van der Waals surface area contributed by atoms with Crippen molar-refractivity contribution in [3.8, 4) is 11.4 Å². The quantitative estimate of drug-likeness (QED) is 0.827. The third-order valence-electron chi connectivity index (χ3n) is 4.54. The van der Waals surface area contributed by atoms with Gasteiger partial charge < -0.3 is 15.2 Å². The molecule has 126 valence electrons. The minimum Gasteiger partial charge on any atom is -0.352 e. The van der Waals surface area contributed by atoms with Crippen LogP contribution >= 0.6 is 11.6 Å². The Balaban J connectivity index is 1.70. The van der Waals surface area contributed by atoms with Crippen molar-refractivity contribution >= 4 is 17.4 Å². The normalized spacial score (nSPS) is 21.1. The molecule has 0 spiro atoms. The van der Waals surface area contributed by atoms with E-state index in [1.54, 1.807) is 6.07 Å². The van der Waals surface area contributed by atoms with Gasteiger partial charge in [-0.1, -0.05) is 11.6 Å². The Morgan fingerprint density at radius 1 is 1.38 bits per heavy atom. The van der Waals surface area contributed by atoms with Crippen LogP contribution in [-0.4, -0.2) is 40.6 Å². The van der Waals surface area contributed by atoms with Gasteiger partial charge in [0.25, 0.3) is 5.56 Å². The molecule has 0 aromatic carbocycles. The monoisotopic (exact) mass is 349 g/mol. The van der Waals surface area contributed by atoms with E-state index in [2.05, 4.69) is 20.3 Å². The summed E-state index contributed by atoms with van der Waals surface area (Å²) in [7, 11) is 0. The van der Waals surface area contributed by atoms with Gasteiger partial charge in [-0.15, -0.1) is 0 Å². The van der Waals surface area contributed by atoms with Crippen molar-refractivity contribution in [3.63, 3.8) is 0 Å². The summed E-state index contributed by atoms with van der Waals surface area (Å²) in [6.45, 7) is 2.32. The van der Waals surface area contributed by atoms with Crippen LogP contribution in [-0.2, 0) is 0 Å². The number of pyridine rings is 1. The average Bonchev–Trinajstić information content (AvgIpc) is 3.42. The van der Waals surface area contributed by atoms with Crippen molar-refractivity contribution in [3.05, 3.63) is 39.7 Å². The summed E-state index contributed by atoms with van der Waals surface area (Å²) in [4.78, 5) is 24.9. The van der Waals surface area contributed by atoms with E-state index in [4.69, 9.17) is 11.6 Å². The molecule has 1 saturated heterocycles. The molecule has 24 heavy (non-hydrogen) atoms. The van der Waals surface area contributed by atoms with E-state index in [-0.39, 0.29) is 5.02 Å². The Morgan fingerprint density at radius 2 is 2.21 bits per heavy atom. The highest BCUT2D eigenvalue weighted by Crippen LogP contribution is 2.35. The molecular formula is C16H17ClFN5O. The highest BCUT2D eigenvalue weighted by atomic mass is 35.5. The minimum atomic E-state index is -0.623. The molecule has 3 heterocycles. The van der Waals surface area contributed by atoms with Crippen LogP contribution in [0.25, 0.3) is 11.4 Å². The molecule has 2 aliphatic rings. The number of hydrogen-bond acceptors (Lipinski definition) is 5. The van der Waals surface area contributed by atoms with E-state index in [1.165, 1.54) is 25.1 Å². The zero-order valence-corrected chi connectivity index (χ0v) is 13.7. The number of hydrogen-bond donors (Lipinski definition) is 2. The van der Waals surface area contributed by atoms with Crippen molar-refractivity contribution in [2.75, 3.05) is 24.5 Å². The van der Waals surface area contributed by atoms with Crippen LogP contribution in [0.4, 0.5) is 10.2 Å². The molecule has 0 unspecified atom stereocenters. The van der Waals surface area contributed by atoms with Crippen molar-refractivity contribution in [2.45, 2.75) is 18.9 Å². The summed E-state index contributed by atoms with van der Waals surface area (Å²) in [5.74, 6) is 0.826. The number of aromatic nitrogens is 3. The standard InChI is InChI=1S/C16H17ClFN5O/c17-13-15(23-6-5-19-11(8-23)9-1-2-9)21-14(22-16(13)24)10-3-4-20-12(18)7-10/h3-4,7,9,11,19H,1-2,5-6,8H2,(H,21,22,24)/t11-/m0/s1. The molecule has 1 aliphatic carbocycles. The summed E-state index contributed by atoms with van der Waals surface area (Å²) >= 11 is 6.21. The summed E-state index contributed by atoms with van der Waals surface area (Å²) in [6.07, 6.45) is 3.82. The largest absolute Gasteiger partial charge is 0.352 e. The second-order valence-electron chi connectivity index (χ2n) is 6.26. The van der Waals surface area contributed by atoms with Crippen LogP contribution in [0.15, 0.2) is 23.1 Å². The highest BCUT2D eigenvalue weighted by molar-refractivity contribution is 6.32. The number of halogens is 2. The minimum absolute atomic E-state index is 0.0738. The maximum absolute atomic E-state index is 13.4. The van der Waals surface area contributed by atoms with Crippen molar-refractivity contribution in [1.82, 2.24) is 20.3 Å². The smallest absolute Gasteiger partial charge is 0.272 e. The SMILES string of the molecule is O=c1[nH]c(-c2ccnc(F)c2)nc(N2CCN[C@H](C3CC3)C2)c1Cl. The molecule has 4 rings (SSSR count). The van der Waals surface area contributed by atoms with Gasteiger partial charge >= 0.3 is 0 Å². The lowest BCUT2D eigenvalue weighted by Crippen LogP contribution is -2.52. The zero-order valence-electron chi connectivity index (χ0n) is 12.9. The first-order valence-corrected chi connectivity index (χ1v) is 8.39. The van der Waals surface area contributed by atoms with E-state index < -0.39 is 11.5 Å². The third kappa shape index (κ3) is 3.01. The van der Waals surface area contributed by atoms with Gasteiger partial charge in [0.1, 0.15) is 10.8 Å². The van der Waals surface area contributed by atoms with Crippen molar-refractivity contribution < 1.29 is 4.39 Å². The summed E-state index contributed by atoms with van der Waals surface area (Å²) in [5, 5.41) is 3.59. The fourth-order valence-electron chi connectivity index (χ4n) is 3.13. The molecule has 1 saturated carbocycles. The van der Waals surface area contributed by atoms with Crippen LogP contribution in [0.1, 0.15) is 12.8 Å². The maximum atomic E-state index is 13.4. The Kier molecular flexibility index (Phi) is 3.97. The average molecular weight is 350 g/mol. The Labute approximate surface area is 143 Å². The van der Waals surface area contributed by atoms with Gasteiger partial charge in [0.05, 0.1) is 0 Å². The van der Waals surface area contributed by atoms with E-state index in [1.807, 2.05) is 4.90 Å². The van der Waals surface area contributed by atoms with Gasteiger partial charge in [-0.05, 0) is 24.8 Å². The van der Waals surface area contributed by atoms with Crippen LogP contribution in [0.5, 0.6) is 0 Å². The molecule has 1 aliphatic heterocycles. The number of piperazine rings is 1. The molecule has 8 heteroatoms. The molecular weight excluding hydrogens is 333 g/mol. The van der Waals surface area contributed by atoms with Gasteiger partial charge in [0.2, 0.25) is 5.95 Å². The first kappa shape index (κ1) is 15.5. The molecule has 6 nitrogen and oxygen atoms in total. The van der Waals surface area contributed by atoms with Crippen LogP contribution in [0, 0.1) is 11.9 Å². The van der Waals surface area contributed by atoms with E-state index >= 15 is 0 Å². The lowest BCUT2D eigenvalue weighted by Gasteiger charge is -2.35. The van der Waals surface area contributed by atoms with Crippen LogP contribution < -0.4 is 15.8 Å². The Bertz CT molecular complexity index is 822. The van der Waals surface area contributed by atoms with E-state index in [0.29, 0.717) is 29.2 Å². The first-order valence-electron chi connectivity index (χ1n) is 8.02. The summed E-state index contributed by atoms with van der Waals surface area (Å²) in [5.41, 5.74) is 0.0433. The van der Waals surface area contributed by atoms with Gasteiger partial charge in [0, 0.05) is 43.5 Å². The first-order chi connectivity index (χ1) is 11.6. The molecule has 0 bridgehead atoms.